The van der Waals surface area contributed by atoms with E-state index in [0.29, 0.717) is 17.5 Å². The Morgan fingerprint density at radius 2 is 1.67 bits per heavy atom. The van der Waals surface area contributed by atoms with Crippen LogP contribution in [0.5, 0.6) is 0 Å². The van der Waals surface area contributed by atoms with Gasteiger partial charge >= 0.3 is 0 Å². The minimum Gasteiger partial charge on any atom is -0.469 e. The van der Waals surface area contributed by atoms with Crippen molar-refractivity contribution in [3.8, 4) is 17.1 Å². The van der Waals surface area contributed by atoms with E-state index in [1.807, 2.05) is 83.1 Å². The first-order valence-electron chi connectivity index (χ1n) is 10.9. The van der Waals surface area contributed by atoms with E-state index in [1.165, 1.54) is 11.8 Å². The molecule has 2 aromatic heterocycles. The molecular formula is C26H28N4O2S. The van der Waals surface area contributed by atoms with Crippen molar-refractivity contribution >= 4 is 17.7 Å². The number of amides is 1. The Morgan fingerprint density at radius 1 is 1.00 bits per heavy atom. The van der Waals surface area contributed by atoms with Crippen molar-refractivity contribution in [2.75, 3.05) is 5.75 Å². The summed E-state index contributed by atoms with van der Waals surface area (Å²) >= 11 is 1.40. The number of nitrogens with zero attached hydrogens (tertiary/aromatic N) is 4. The summed E-state index contributed by atoms with van der Waals surface area (Å²) in [6, 6.07) is 21.9. The first kappa shape index (κ1) is 22.9. The Morgan fingerprint density at radius 3 is 2.27 bits per heavy atom. The quantitative estimate of drug-likeness (QED) is 0.328. The summed E-state index contributed by atoms with van der Waals surface area (Å²) in [7, 11) is 0. The molecule has 170 valence electrons. The molecule has 0 saturated heterocycles. The van der Waals surface area contributed by atoms with Gasteiger partial charge in [0, 0.05) is 17.8 Å². The number of hydrogen-bond acceptors (Lipinski definition) is 5. The monoisotopic (exact) mass is 460 g/mol. The highest BCUT2D eigenvalue weighted by Crippen LogP contribution is 2.31. The second-order valence-corrected chi connectivity index (χ2v) is 9.74. The molecule has 2 aromatic carbocycles. The highest BCUT2D eigenvalue weighted by Gasteiger charge is 2.27. The predicted molar refractivity (Wildman–Crippen MR) is 131 cm³/mol. The Kier molecular flexibility index (Phi) is 6.70. The van der Waals surface area contributed by atoms with Crippen LogP contribution in [-0.2, 0) is 11.3 Å². The maximum absolute atomic E-state index is 13.3. The number of carbonyl (C=O) groups is 1. The van der Waals surface area contributed by atoms with Crippen molar-refractivity contribution < 1.29 is 9.21 Å². The molecule has 6 nitrogen and oxygen atoms in total. The summed E-state index contributed by atoms with van der Waals surface area (Å²) < 4.78 is 7.47. The molecule has 0 radical (unpaired) electrons. The molecule has 0 N–H and O–H groups in total. The lowest BCUT2D eigenvalue weighted by atomic mass is 10.0. The van der Waals surface area contributed by atoms with Crippen LogP contribution in [0.2, 0.25) is 0 Å². The van der Waals surface area contributed by atoms with Gasteiger partial charge in [0.15, 0.2) is 11.0 Å². The van der Waals surface area contributed by atoms with E-state index in [2.05, 4.69) is 31.0 Å². The maximum Gasteiger partial charge on any atom is 0.233 e. The number of rotatable bonds is 7. The molecular weight excluding hydrogens is 432 g/mol. The van der Waals surface area contributed by atoms with Crippen LogP contribution in [0.4, 0.5) is 0 Å². The molecule has 0 aliphatic carbocycles. The van der Waals surface area contributed by atoms with Gasteiger partial charge in [-0.15, -0.1) is 10.2 Å². The summed E-state index contributed by atoms with van der Waals surface area (Å²) in [5.74, 6) is 1.78. The van der Waals surface area contributed by atoms with Crippen molar-refractivity contribution in [3.05, 3.63) is 84.3 Å². The van der Waals surface area contributed by atoms with Crippen LogP contribution in [-0.4, -0.2) is 36.9 Å². The molecule has 0 spiro atoms. The van der Waals surface area contributed by atoms with Crippen molar-refractivity contribution in [2.24, 2.45) is 0 Å². The van der Waals surface area contributed by atoms with Gasteiger partial charge in [-0.25, -0.2) is 0 Å². The van der Waals surface area contributed by atoms with E-state index in [9.17, 15) is 4.79 Å². The Balaban J connectivity index is 1.60. The predicted octanol–water partition coefficient (Wildman–Crippen LogP) is 5.76. The summed E-state index contributed by atoms with van der Waals surface area (Å²) in [5, 5.41) is 9.54. The lowest BCUT2D eigenvalue weighted by Gasteiger charge is -2.36. The number of thioether (sulfide) groups is 1. The number of carbonyl (C=O) groups excluding carboxylic acids is 1. The highest BCUT2D eigenvalue weighted by atomic mass is 32.2. The van der Waals surface area contributed by atoms with E-state index in [0.717, 1.165) is 22.6 Å². The summed E-state index contributed by atoms with van der Waals surface area (Å²) in [5.41, 5.74) is 2.62. The number of hydrogen-bond donors (Lipinski definition) is 0. The normalized spacial score (nSPS) is 11.5. The zero-order valence-electron chi connectivity index (χ0n) is 19.4. The van der Waals surface area contributed by atoms with Crippen LogP contribution in [0.3, 0.4) is 0 Å². The average Bonchev–Trinajstić information content (AvgIpc) is 3.42. The fourth-order valence-corrected chi connectivity index (χ4v) is 4.46. The number of furan rings is 1. The van der Waals surface area contributed by atoms with E-state index in [-0.39, 0.29) is 17.2 Å². The zero-order valence-corrected chi connectivity index (χ0v) is 20.2. The molecule has 0 saturated carbocycles. The third-order valence-electron chi connectivity index (χ3n) is 5.37. The van der Waals surface area contributed by atoms with Crippen LogP contribution >= 0.6 is 11.8 Å². The van der Waals surface area contributed by atoms with Crippen molar-refractivity contribution in [3.63, 3.8) is 0 Å². The van der Waals surface area contributed by atoms with Gasteiger partial charge in [0.05, 0.1) is 17.6 Å². The average molecular weight is 461 g/mol. The molecule has 0 bridgehead atoms. The molecule has 0 aliphatic rings. The summed E-state index contributed by atoms with van der Waals surface area (Å²) in [6.07, 6.45) is 1.65. The highest BCUT2D eigenvalue weighted by molar-refractivity contribution is 7.99. The Labute approximate surface area is 198 Å². The number of benzene rings is 2. The van der Waals surface area contributed by atoms with Crippen molar-refractivity contribution in [2.45, 2.75) is 44.9 Å². The lowest BCUT2D eigenvalue weighted by molar-refractivity contribution is -0.133. The first-order valence-corrected chi connectivity index (χ1v) is 11.9. The largest absolute Gasteiger partial charge is 0.469 e. The van der Waals surface area contributed by atoms with Crippen molar-refractivity contribution in [1.29, 1.82) is 0 Å². The third-order valence-corrected chi connectivity index (χ3v) is 6.28. The van der Waals surface area contributed by atoms with Gasteiger partial charge in [0.1, 0.15) is 5.76 Å². The third kappa shape index (κ3) is 5.20. The van der Waals surface area contributed by atoms with Crippen LogP contribution in [0.1, 0.15) is 32.1 Å². The zero-order chi connectivity index (χ0) is 23.4. The minimum atomic E-state index is -0.306. The molecule has 0 aliphatic heterocycles. The van der Waals surface area contributed by atoms with E-state index >= 15 is 0 Å². The molecule has 0 fully saturated rings. The fourth-order valence-electron chi connectivity index (χ4n) is 3.63. The summed E-state index contributed by atoms with van der Waals surface area (Å²) in [6.45, 7) is 8.65. The number of aromatic nitrogens is 3. The van der Waals surface area contributed by atoms with Gasteiger partial charge in [-0.05, 0) is 51.5 Å². The first-order chi connectivity index (χ1) is 15.8. The Hall–Kier alpha value is -3.32. The molecule has 4 rings (SSSR count). The second kappa shape index (κ2) is 9.67. The standard InChI is InChI=1S/C26H28N4O2S/c1-19-22(15-16-32-19)24-27-28-25(30(24)21-13-9-6-10-14-21)33-18-23(31)29(26(2,3)4)17-20-11-7-5-8-12-20/h5-16H,17-18H2,1-4H3. The minimum absolute atomic E-state index is 0.0556. The van der Waals surface area contributed by atoms with Gasteiger partial charge in [-0.3, -0.25) is 9.36 Å². The van der Waals surface area contributed by atoms with E-state index in [1.54, 1.807) is 6.26 Å². The van der Waals surface area contributed by atoms with E-state index < -0.39 is 0 Å². The van der Waals surface area contributed by atoms with Crippen LogP contribution in [0.15, 0.2) is 82.6 Å². The molecule has 33 heavy (non-hydrogen) atoms. The van der Waals surface area contributed by atoms with Crippen LogP contribution in [0.25, 0.3) is 17.1 Å². The van der Waals surface area contributed by atoms with Gasteiger partial charge in [-0.1, -0.05) is 60.3 Å². The SMILES string of the molecule is Cc1occc1-c1nnc(SCC(=O)N(Cc2ccccc2)C(C)(C)C)n1-c1ccccc1. The maximum atomic E-state index is 13.3. The second-order valence-electron chi connectivity index (χ2n) is 8.79. The van der Waals surface area contributed by atoms with Crippen LogP contribution < -0.4 is 0 Å². The molecule has 1 amide bonds. The van der Waals surface area contributed by atoms with Gasteiger partial charge in [0.2, 0.25) is 5.91 Å². The van der Waals surface area contributed by atoms with Gasteiger partial charge in [-0.2, -0.15) is 0 Å². The fraction of sp³-hybridized carbons (Fsp3) is 0.269. The summed E-state index contributed by atoms with van der Waals surface area (Å²) in [4.78, 5) is 15.3. The number of para-hydroxylation sites is 1. The molecule has 0 atom stereocenters. The van der Waals surface area contributed by atoms with Gasteiger partial charge < -0.3 is 9.32 Å². The van der Waals surface area contributed by atoms with Crippen molar-refractivity contribution in [1.82, 2.24) is 19.7 Å². The van der Waals surface area contributed by atoms with Crippen LogP contribution in [0, 0.1) is 6.92 Å². The van der Waals surface area contributed by atoms with Gasteiger partial charge in [0.25, 0.3) is 0 Å². The Bertz CT molecular complexity index is 1210. The lowest BCUT2D eigenvalue weighted by Crippen LogP contribution is -2.45. The smallest absolute Gasteiger partial charge is 0.233 e. The molecule has 7 heteroatoms. The molecule has 0 unspecified atom stereocenters. The molecule has 2 heterocycles. The molecule has 4 aromatic rings. The van der Waals surface area contributed by atoms with E-state index in [4.69, 9.17) is 4.42 Å². The topological polar surface area (TPSA) is 64.2 Å². The number of aryl methyl sites for hydroxylation is 1.